The molecule has 3 heteroatoms. The summed E-state index contributed by atoms with van der Waals surface area (Å²) in [6.45, 7) is 4.99. The number of nitrogens with one attached hydrogen (secondary N) is 1. The quantitative estimate of drug-likeness (QED) is 0.603. The molecule has 3 nitrogen and oxygen atoms in total. The number of hydrazine groups is 1. The van der Waals surface area contributed by atoms with E-state index in [4.69, 9.17) is 10.6 Å². The van der Waals surface area contributed by atoms with E-state index in [1.54, 1.807) is 0 Å². The Morgan fingerprint density at radius 2 is 2.19 bits per heavy atom. The molecule has 2 rings (SSSR count). The van der Waals surface area contributed by atoms with Gasteiger partial charge in [-0.25, -0.2) is 5.43 Å². The lowest BCUT2D eigenvalue weighted by Crippen LogP contribution is -2.30. The highest BCUT2D eigenvalue weighted by molar-refractivity contribution is 5.38. The van der Waals surface area contributed by atoms with Gasteiger partial charge in [-0.3, -0.25) is 5.84 Å². The summed E-state index contributed by atoms with van der Waals surface area (Å²) in [5, 5.41) is 0. The van der Waals surface area contributed by atoms with E-state index in [1.807, 2.05) is 0 Å². The summed E-state index contributed by atoms with van der Waals surface area (Å²) >= 11 is 0. The van der Waals surface area contributed by atoms with Gasteiger partial charge in [-0.15, -0.1) is 0 Å². The minimum absolute atomic E-state index is 0.0256. The maximum absolute atomic E-state index is 5.63. The molecule has 1 heterocycles. The Balaban J connectivity index is 2.36. The summed E-state index contributed by atoms with van der Waals surface area (Å²) in [4.78, 5) is 0. The molecular formula is C13H18N2O. The monoisotopic (exact) mass is 218 g/mol. The van der Waals surface area contributed by atoms with Crippen LogP contribution in [-0.2, 0) is 4.74 Å². The SMILES string of the molecule is Cc1cccc(C(NN)C2=CCCO2)c1C. The third kappa shape index (κ3) is 1.96. The lowest BCUT2D eigenvalue weighted by molar-refractivity contribution is 0.215. The molecule has 1 aromatic carbocycles. The van der Waals surface area contributed by atoms with Gasteiger partial charge in [0, 0.05) is 6.42 Å². The molecule has 0 fully saturated rings. The van der Waals surface area contributed by atoms with Crippen LogP contribution in [0.15, 0.2) is 30.0 Å². The number of ether oxygens (including phenoxy) is 1. The average Bonchev–Trinajstić information content (AvgIpc) is 2.79. The van der Waals surface area contributed by atoms with Crippen LogP contribution >= 0.6 is 0 Å². The van der Waals surface area contributed by atoms with Gasteiger partial charge in [0.25, 0.3) is 0 Å². The lowest BCUT2D eigenvalue weighted by Gasteiger charge is -2.20. The first-order chi connectivity index (χ1) is 7.74. The molecule has 16 heavy (non-hydrogen) atoms. The standard InChI is InChI=1S/C13H18N2O/c1-9-5-3-6-11(10(9)2)13(15-14)12-7-4-8-16-12/h3,5-7,13,15H,4,8,14H2,1-2H3. The van der Waals surface area contributed by atoms with Crippen molar-refractivity contribution in [2.24, 2.45) is 5.84 Å². The van der Waals surface area contributed by atoms with Gasteiger partial charge in [0.2, 0.25) is 0 Å². The van der Waals surface area contributed by atoms with Gasteiger partial charge in [0.05, 0.1) is 6.61 Å². The molecule has 0 radical (unpaired) electrons. The van der Waals surface area contributed by atoms with Gasteiger partial charge >= 0.3 is 0 Å². The molecule has 0 saturated heterocycles. The third-order valence-corrected chi connectivity index (χ3v) is 3.14. The number of nitrogens with two attached hydrogens (primary N) is 1. The van der Waals surface area contributed by atoms with Gasteiger partial charge in [-0.1, -0.05) is 18.2 Å². The Kier molecular flexibility index (Phi) is 3.27. The summed E-state index contributed by atoms with van der Waals surface area (Å²) in [6.07, 6.45) is 3.07. The van der Waals surface area contributed by atoms with Gasteiger partial charge in [0.1, 0.15) is 11.8 Å². The molecular weight excluding hydrogens is 200 g/mol. The molecule has 3 N–H and O–H groups in total. The molecule has 0 spiro atoms. The highest BCUT2D eigenvalue weighted by atomic mass is 16.5. The van der Waals surface area contributed by atoms with Crippen LogP contribution in [0.2, 0.25) is 0 Å². The molecule has 0 saturated carbocycles. The highest BCUT2D eigenvalue weighted by Crippen LogP contribution is 2.28. The van der Waals surface area contributed by atoms with Crippen molar-refractivity contribution in [3.63, 3.8) is 0 Å². The second-order valence-corrected chi connectivity index (χ2v) is 4.13. The first-order valence-electron chi connectivity index (χ1n) is 5.59. The maximum atomic E-state index is 5.63. The van der Waals surface area contributed by atoms with Crippen LogP contribution in [0.25, 0.3) is 0 Å². The summed E-state index contributed by atoms with van der Waals surface area (Å²) < 4.78 is 5.57. The van der Waals surface area contributed by atoms with Crippen LogP contribution in [0.4, 0.5) is 0 Å². The van der Waals surface area contributed by atoms with E-state index in [0.717, 1.165) is 18.8 Å². The third-order valence-electron chi connectivity index (χ3n) is 3.14. The van der Waals surface area contributed by atoms with E-state index in [1.165, 1.54) is 16.7 Å². The maximum Gasteiger partial charge on any atom is 0.115 e. The average molecular weight is 218 g/mol. The van der Waals surface area contributed by atoms with E-state index in [2.05, 4.69) is 43.5 Å². The number of hydrogen-bond acceptors (Lipinski definition) is 3. The van der Waals surface area contributed by atoms with E-state index in [0.29, 0.717) is 0 Å². The van der Waals surface area contributed by atoms with Crippen LogP contribution in [-0.4, -0.2) is 6.61 Å². The smallest absolute Gasteiger partial charge is 0.115 e. The minimum atomic E-state index is -0.0256. The predicted octanol–water partition coefficient (Wildman–Crippen LogP) is 2.11. The fourth-order valence-electron chi connectivity index (χ4n) is 2.05. The van der Waals surface area contributed by atoms with Crippen LogP contribution in [0.1, 0.15) is 29.2 Å². The van der Waals surface area contributed by atoms with Crippen LogP contribution < -0.4 is 11.3 Å². The van der Waals surface area contributed by atoms with Crippen molar-refractivity contribution in [3.8, 4) is 0 Å². The molecule has 0 bridgehead atoms. The van der Waals surface area contributed by atoms with Crippen molar-refractivity contribution in [2.75, 3.05) is 6.61 Å². The molecule has 0 aliphatic carbocycles. The molecule has 0 amide bonds. The predicted molar refractivity (Wildman–Crippen MR) is 64.6 cm³/mol. The van der Waals surface area contributed by atoms with Gasteiger partial charge in [-0.2, -0.15) is 0 Å². The van der Waals surface area contributed by atoms with Crippen LogP contribution in [0.3, 0.4) is 0 Å². The fraction of sp³-hybridized carbons (Fsp3) is 0.385. The minimum Gasteiger partial charge on any atom is -0.496 e. The Hall–Kier alpha value is -1.32. The van der Waals surface area contributed by atoms with E-state index in [9.17, 15) is 0 Å². The Morgan fingerprint density at radius 3 is 2.81 bits per heavy atom. The number of hydrogen-bond donors (Lipinski definition) is 2. The molecule has 1 atom stereocenters. The molecule has 1 aliphatic heterocycles. The van der Waals surface area contributed by atoms with Crippen LogP contribution in [0, 0.1) is 13.8 Å². The second-order valence-electron chi connectivity index (χ2n) is 4.13. The zero-order chi connectivity index (χ0) is 11.5. The Bertz CT molecular complexity index is 412. The Labute approximate surface area is 96.3 Å². The lowest BCUT2D eigenvalue weighted by atomic mass is 9.96. The number of rotatable bonds is 3. The first kappa shape index (κ1) is 11.2. The first-order valence-corrected chi connectivity index (χ1v) is 5.59. The van der Waals surface area contributed by atoms with Crippen molar-refractivity contribution >= 4 is 0 Å². The normalized spacial score (nSPS) is 16.8. The summed E-state index contributed by atoms with van der Waals surface area (Å²) in [6, 6.07) is 6.23. The highest BCUT2D eigenvalue weighted by Gasteiger charge is 2.21. The van der Waals surface area contributed by atoms with Crippen LogP contribution in [0.5, 0.6) is 0 Å². The molecule has 1 unspecified atom stereocenters. The second kappa shape index (κ2) is 4.68. The molecule has 1 aromatic rings. The number of benzene rings is 1. The van der Waals surface area contributed by atoms with E-state index >= 15 is 0 Å². The van der Waals surface area contributed by atoms with Crippen molar-refractivity contribution in [1.82, 2.24) is 5.43 Å². The van der Waals surface area contributed by atoms with Crippen molar-refractivity contribution in [1.29, 1.82) is 0 Å². The molecule has 0 aromatic heterocycles. The largest absolute Gasteiger partial charge is 0.496 e. The van der Waals surface area contributed by atoms with E-state index < -0.39 is 0 Å². The number of aryl methyl sites for hydroxylation is 1. The van der Waals surface area contributed by atoms with Gasteiger partial charge in [-0.05, 0) is 36.6 Å². The van der Waals surface area contributed by atoms with Gasteiger partial charge < -0.3 is 4.74 Å². The molecule has 1 aliphatic rings. The van der Waals surface area contributed by atoms with Crippen molar-refractivity contribution in [3.05, 3.63) is 46.7 Å². The van der Waals surface area contributed by atoms with E-state index in [-0.39, 0.29) is 6.04 Å². The Morgan fingerprint density at radius 1 is 1.38 bits per heavy atom. The van der Waals surface area contributed by atoms with Gasteiger partial charge in [0.15, 0.2) is 0 Å². The zero-order valence-corrected chi connectivity index (χ0v) is 9.79. The summed E-state index contributed by atoms with van der Waals surface area (Å²) in [7, 11) is 0. The van der Waals surface area contributed by atoms with Crippen molar-refractivity contribution < 1.29 is 4.74 Å². The summed E-state index contributed by atoms with van der Waals surface area (Å²) in [5.74, 6) is 6.57. The summed E-state index contributed by atoms with van der Waals surface area (Å²) in [5.41, 5.74) is 6.57. The topological polar surface area (TPSA) is 47.3 Å². The van der Waals surface area contributed by atoms with Crippen molar-refractivity contribution in [2.45, 2.75) is 26.3 Å². The fourth-order valence-corrected chi connectivity index (χ4v) is 2.05. The zero-order valence-electron chi connectivity index (χ0n) is 9.79. The molecule has 86 valence electrons.